The Morgan fingerprint density at radius 1 is 1.02 bits per heavy atom. The number of amides is 2. The smallest absolute Gasteiger partial charge is 0.411 e. The number of morpholine rings is 1. The number of aromatic nitrogens is 1. The van der Waals surface area contributed by atoms with E-state index >= 15 is 8.78 Å². The normalized spacial score (nSPS) is 18.4. The number of alkyl halides is 2. The first-order chi connectivity index (χ1) is 22.7. The summed E-state index contributed by atoms with van der Waals surface area (Å²) in [6.45, 7) is 1.62. The van der Waals surface area contributed by atoms with Gasteiger partial charge in [0.1, 0.15) is 22.8 Å². The van der Waals surface area contributed by atoms with E-state index in [9.17, 15) is 19.2 Å². The van der Waals surface area contributed by atoms with Gasteiger partial charge in [0.25, 0.3) is 5.56 Å². The van der Waals surface area contributed by atoms with Gasteiger partial charge in [-0.05, 0) is 71.1 Å². The molecule has 2 aromatic carbocycles. The zero-order chi connectivity index (χ0) is 34.9. The molecule has 2 amide bonds. The third-order valence-electron chi connectivity index (χ3n) is 8.52. The van der Waals surface area contributed by atoms with E-state index in [-0.39, 0.29) is 66.5 Å². The molecule has 2 fully saturated rings. The van der Waals surface area contributed by atoms with E-state index in [1.54, 1.807) is 36.4 Å². The summed E-state index contributed by atoms with van der Waals surface area (Å²) >= 11 is 0. The van der Waals surface area contributed by atoms with Crippen molar-refractivity contribution in [2.24, 2.45) is 5.92 Å². The van der Waals surface area contributed by atoms with Gasteiger partial charge in [0.2, 0.25) is 5.91 Å². The van der Waals surface area contributed by atoms with Gasteiger partial charge in [-0.2, -0.15) is 8.78 Å². The van der Waals surface area contributed by atoms with Gasteiger partial charge in [0, 0.05) is 43.7 Å². The van der Waals surface area contributed by atoms with Gasteiger partial charge in [-0.3, -0.25) is 19.2 Å². The van der Waals surface area contributed by atoms with E-state index < -0.39 is 35.3 Å². The molecule has 0 aliphatic carbocycles. The average molecular weight is 738 g/mol. The fraction of sp³-hybridized carbons (Fsp3) is 0.375. The lowest BCUT2D eigenvalue weighted by atomic mass is 9.84. The van der Waals surface area contributed by atoms with Crippen molar-refractivity contribution in [1.82, 2.24) is 9.47 Å². The molecule has 256 valence electrons. The highest BCUT2D eigenvalue weighted by molar-refractivity contribution is 7.37. The van der Waals surface area contributed by atoms with Gasteiger partial charge >= 0.3 is 12.0 Å². The molecule has 1 aromatic heterocycles. The number of carbonyl (C=O) groups excluding carboxylic acids is 3. The molecule has 0 bridgehead atoms. The molecule has 2 aliphatic rings. The van der Waals surface area contributed by atoms with Gasteiger partial charge in [-0.25, -0.2) is 4.57 Å². The van der Waals surface area contributed by atoms with Crippen LogP contribution < -0.4 is 30.5 Å². The Balaban J connectivity index is 1.54. The number of methoxy groups -OCH3 is 1. The van der Waals surface area contributed by atoms with Gasteiger partial charge in [-0.1, -0.05) is 18.5 Å². The van der Waals surface area contributed by atoms with Gasteiger partial charge < -0.3 is 24.0 Å². The lowest BCUT2D eigenvalue weighted by Crippen LogP contribution is -2.52. The topological polar surface area (TPSA) is 107 Å². The number of pyridine rings is 1. The second-order valence-electron chi connectivity index (χ2n) is 11.6. The van der Waals surface area contributed by atoms with Crippen LogP contribution in [0.1, 0.15) is 33.8 Å². The first-order valence-electron chi connectivity index (χ1n) is 15.1. The average Bonchev–Trinajstić information content (AvgIpc) is 3.34. The van der Waals surface area contributed by atoms with Gasteiger partial charge in [0.05, 0.1) is 26.2 Å². The molecular weight excluding hydrogens is 700 g/mol. The second-order valence-corrected chi connectivity index (χ2v) is 14.9. The van der Waals surface area contributed by atoms with E-state index in [1.165, 1.54) is 25.0 Å². The van der Waals surface area contributed by atoms with E-state index in [2.05, 4.69) is 37.0 Å². The Bertz CT molecular complexity index is 1760. The van der Waals surface area contributed by atoms with Crippen LogP contribution in [-0.2, 0) is 20.4 Å². The first-order valence-corrected chi connectivity index (χ1v) is 17.6. The van der Waals surface area contributed by atoms with Crippen molar-refractivity contribution >= 4 is 70.9 Å². The fourth-order valence-electron chi connectivity index (χ4n) is 6.15. The summed E-state index contributed by atoms with van der Waals surface area (Å²) in [6, 6.07) is 7.18. The van der Waals surface area contributed by atoms with Crippen LogP contribution in [0, 0.1) is 12.8 Å². The molecule has 0 saturated carbocycles. The molecule has 5 rings (SSSR count). The quantitative estimate of drug-likeness (QED) is 0.233. The molecule has 4 unspecified atom stereocenters. The Morgan fingerprint density at radius 3 is 2.23 bits per heavy atom. The van der Waals surface area contributed by atoms with E-state index in [4.69, 9.17) is 14.2 Å². The van der Waals surface area contributed by atoms with Gasteiger partial charge in [-0.15, -0.1) is 18.5 Å². The number of halogens is 2. The first kappa shape index (κ1) is 36.4. The number of benzene rings is 2. The molecule has 0 radical (unpaired) electrons. The minimum Gasteiger partial charge on any atom is -0.497 e. The Labute approximate surface area is 286 Å². The molecule has 0 N–H and O–H groups in total. The molecule has 3 heterocycles. The van der Waals surface area contributed by atoms with Crippen LogP contribution in [0.25, 0.3) is 0 Å². The van der Waals surface area contributed by atoms with Crippen molar-refractivity contribution in [3.63, 3.8) is 0 Å². The van der Waals surface area contributed by atoms with Crippen molar-refractivity contribution in [1.29, 1.82) is 0 Å². The summed E-state index contributed by atoms with van der Waals surface area (Å²) in [7, 11) is 11.8. The third kappa shape index (κ3) is 7.34. The summed E-state index contributed by atoms with van der Waals surface area (Å²) in [5.74, 6) is -2.81. The number of hydrogen-bond acceptors (Lipinski definition) is 7. The van der Waals surface area contributed by atoms with Crippen LogP contribution in [0.4, 0.5) is 14.5 Å². The number of aryl methyl sites for hydroxylation is 1. The zero-order valence-corrected chi connectivity index (χ0v) is 31.0. The summed E-state index contributed by atoms with van der Waals surface area (Å²) in [4.78, 5) is 56.9. The van der Waals surface area contributed by atoms with Crippen LogP contribution in [0.5, 0.6) is 11.5 Å². The Hall–Kier alpha value is -2.86. The number of carbonyl (C=O) groups is 3. The molecule has 10 nitrogen and oxygen atoms in total. The van der Waals surface area contributed by atoms with Crippen molar-refractivity contribution in [3.8, 4) is 11.5 Å². The van der Waals surface area contributed by atoms with Crippen molar-refractivity contribution in [3.05, 3.63) is 75.7 Å². The molecule has 48 heavy (non-hydrogen) atoms. The summed E-state index contributed by atoms with van der Waals surface area (Å²) in [5, 5.41) is 1.43. The van der Waals surface area contributed by atoms with E-state index in [1.807, 2.05) is 0 Å². The van der Waals surface area contributed by atoms with Crippen LogP contribution in [0.3, 0.4) is 0 Å². The van der Waals surface area contributed by atoms with Crippen LogP contribution >= 0.6 is 37.0 Å². The SMILES string of the molecule is COc1cc(P)c([C@@H]2CN(c3c(C)ccn(C(F)(F)C(=O)N4CCOCC4)c3=O)C(=O)[C@H]2CC(=O)c2ccc(OC(P)P)cc2)c(P)c1. The lowest BCUT2D eigenvalue weighted by Gasteiger charge is -2.31. The van der Waals surface area contributed by atoms with Crippen molar-refractivity contribution in [2.75, 3.05) is 44.9 Å². The standard InChI is InChI=1S/C32H37F2N3O7P4/c1-17-7-8-37(32(33,34)30(41)35-9-11-43-12-10-35)29(40)27(17)36-16-22(26-24(45)13-20(42-2)14-25(26)46)21(28(36)39)15-23(38)18-3-5-19(6-4-18)44-31(47)48/h3-8,13-14,21-22,31H,9-12,15-16,45-48H2,1-2H3/t21-,22+/m0/s1. The minimum absolute atomic E-state index is 0.0356. The molecule has 2 aliphatic heterocycles. The highest BCUT2D eigenvalue weighted by atomic mass is 31.1. The Morgan fingerprint density at radius 2 is 1.65 bits per heavy atom. The van der Waals surface area contributed by atoms with Crippen LogP contribution in [0.15, 0.2) is 53.5 Å². The maximum absolute atomic E-state index is 15.7. The summed E-state index contributed by atoms with van der Waals surface area (Å²) in [6.07, 6.45) is 0.662. The summed E-state index contributed by atoms with van der Waals surface area (Å²) < 4.78 is 47.7. The van der Waals surface area contributed by atoms with Crippen molar-refractivity contribution in [2.45, 2.75) is 30.9 Å². The number of nitrogens with zero attached hydrogens (tertiary/aromatic N) is 3. The zero-order valence-electron chi connectivity index (χ0n) is 26.4. The molecule has 3 aromatic rings. The molecule has 6 atom stereocenters. The number of ether oxygens (including phenoxy) is 3. The van der Waals surface area contributed by atoms with E-state index in [0.29, 0.717) is 27.7 Å². The maximum Gasteiger partial charge on any atom is 0.411 e. The monoisotopic (exact) mass is 737 g/mol. The van der Waals surface area contributed by atoms with Gasteiger partial charge in [0.15, 0.2) is 5.78 Å². The lowest BCUT2D eigenvalue weighted by molar-refractivity contribution is -0.177. The van der Waals surface area contributed by atoms with Crippen molar-refractivity contribution < 1.29 is 37.4 Å². The Kier molecular flexibility index (Phi) is 11.3. The number of hydrogen-bond donors (Lipinski definition) is 0. The second kappa shape index (κ2) is 14.9. The predicted octanol–water partition coefficient (Wildman–Crippen LogP) is 3.01. The number of anilines is 1. The molecule has 16 heteroatoms. The largest absolute Gasteiger partial charge is 0.497 e. The molecule has 2 saturated heterocycles. The number of Topliss-reactive ketones (excluding diaryl/α,β-unsaturated/α-hetero) is 1. The maximum atomic E-state index is 15.7. The van der Waals surface area contributed by atoms with Crippen LogP contribution in [-0.4, -0.2) is 72.6 Å². The molecular formula is C32H37F2N3O7P4. The van der Waals surface area contributed by atoms with E-state index in [0.717, 1.165) is 16.7 Å². The summed E-state index contributed by atoms with van der Waals surface area (Å²) in [5.41, 5.74) is -0.310. The van der Waals surface area contributed by atoms with Crippen LogP contribution in [0.2, 0.25) is 0 Å². The minimum atomic E-state index is -4.21. The number of rotatable bonds is 10. The predicted molar refractivity (Wildman–Crippen MR) is 193 cm³/mol. The fourth-order valence-corrected chi connectivity index (χ4v) is 7.72. The third-order valence-corrected chi connectivity index (χ3v) is 9.75. The molecule has 0 spiro atoms. The highest BCUT2D eigenvalue weighted by Crippen LogP contribution is 2.40. The highest BCUT2D eigenvalue weighted by Gasteiger charge is 2.48. The number of ketones is 1.